The predicted octanol–water partition coefficient (Wildman–Crippen LogP) is 2.48. The number of para-hydroxylation sites is 1. The zero-order valence-corrected chi connectivity index (χ0v) is 11.3. The zero-order valence-electron chi connectivity index (χ0n) is 11.3. The molecule has 2 atom stereocenters. The minimum Gasteiger partial charge on any atom is -0.330 e. The molecule has 102 valence electrons. The van der Waals surface area contributed by atoms with Crippen LogP contribution in [0.15, 0.2) is 24.3 Å². The van der Waals surface area contributed by atoms with Gasteiger partial charge in [-0.1, -0.05) is 37.5 Å². The van der Waals surface area contributed by atoms with E-state index >= 15 is 0 Å². The van der Waals surface area contributed by atoms with E-state index in [1.54, 1.807) is 0 Å². The monoisotopic (exact) mass is 258 g/mol. The van der Waals surface area contributed by atoms with Gasteiger partial charge in [0.1, 0.15) is 0 Å². The maximum Gasteiger partial charge on any atom is 0.231 e. The molecule has 1 aliphatic heterocycles. The number of hydrogen-bond donors (Lipinski definition) is 1. The van der Waals surface area contributed by atoms with Gasteiger partial charge in [-0.2, -0.15) is 0 Å². The Labute approximate surface area is 114 Å². The molecule has 2 N–H and O–H groups in total. The highest BCUT2D eigenvalue weighted by Crippen LogP contribution is 2.36. The molecule has 1 amide bonds. The van der Waals surface area contributed by atoms with E-state index in [1.807, 2.05) is 12.1 Å². The lowest BCUT2D eigenvalue weighted by atomic mass is 9.93. The maximum atomic E-state index is 12.4. The molecule has 1 saturated carbocycles. The molecule has 3 heteroatoms. The Morgan fingerprint density at radius 1 is 1.16 bits per heavy atom. The van der Waals surface area contributed by atoms with E-state index in [0.29, 0.717) is 24.9 Å². The first-order valence-corrected chi connectivity index (χ1v) is 7.41. The molecular weight excluding hydrogens is 236 g/mol. The van der Waals surface area contributed by atoms with Crippen molar-refractivity contribution in [3.8, 4) is 0 Å². The van der Waals surface area contributed by atoms with Crippen LogP contribution in [0.4, 0.5) is 5.69 Å². The SMILES string of the molecule is NCC1CCCCCC1N1C(=O)Cc2ccccc21. The number of anilines is 1. The molecule has 1 fully saturated rings. The highest BCUT2D eigenvalue weighted by molar-refractivity contribution is 6.01. The fraction of sp³-hybridized carbons (Fsp3) is 0.562. The fourth-order valence-electron chi connectivity index (χ4n) is 3.62. The molecule has 2 aliphatic rings. The van der Waals surface area contributed by atoms with Crippen molar-refractivity contribution in [2.24, 2.45) is 11.7 Å². The van der Waals surface area contributed by atoms with Crippen molar-refractivity contribution in [1.82, 2.24) is 0 Å². The van der Waals surface area contributed by atoms with E-state index in [-0.39, 0.29) is 5.91 Å². The molecule has 1 aliphatic carbocycles. The van der Waals surface area contributed by atoms with Crippen LogP contribution in [-0.2, 0) is 11.2 Å². The number of carbonyl (C=O) groups is 1. The van der Waals surface area contributed by atoms with Gasteiger partial charge >= 0.3 is 0 Å². The molecule has 1 heterocycles. The Balaban J connectivity index is 1.93. The second kappa shape index (κ2) is 5.33. The van der Waals surface area contributed by atoms with Gasteiger partial charge in [0.15, 0.2) is 0 Å². The number of hydrogen-bond acceptors (Lipinski definition) is 2. The van der Waals surface area contributed by atoms with E-state index in [4.69, 9.17) is 5.73 Å². The van der Waals surface area contributed by atoms with Crippen molar-refractivity contribution >= 4 is 11.6 Å². The maximum absolute atomic E-state index is 12.4. The Morgan fingerprint density at radius 2 is 1.95 bits per heavy atom. The summed E-state index contributed by atoms with van der Waals surface area (Å²) in [6, 6.07) is 8.51. The lowest BCUT2D eigenvalue weighted by molar-refractivity contribution is -0.118. The van der Waals surface area contributed by atoms with Crippen LogP contribution in [0.25, 0.3) is 0 Å². The van der Waals surface area contributed by atoms with Crippen molar-refractivity contribution in [2.75, 3.05) is 11.4 Å². The molecule has 1 aromatic rings. The molecule has 0 saturated heterocycles. The summed E-state index contributed by atoms with van der Waals surface area (Å²) in [6.07, 6.45) is 6.56. The van der Waals surface area contributed by atoms with Gasteiger partial charge in [0, 0.05) is 11.7 Å². The van der Waals surface area contributed by atoms with Gasteiger partial charge < -0.3 is 10.6 Å². The van der Waals surface area contributed by atoms with Gasteiger partial charge in [-0.3, -0.25) is 4.79 Å². The van der Waals surface area contributed by atoms with E-state index in [0.717, 1.165) is 18.5 Å². The van der Waals surface area contributed by atoms with E-state index < -0.39 is 0 Å². The summed E-state index contributed by atoms with van der Waals surface area (Å²) < 4.78 is 0. The number of amides is 1. The Hall–Kier alpha value is -1.35. The summed E-state index contributed by atoms with van der Waals surface area (Å²) >= 11 is 0. The van der Waals surface area contributed by atoms with Gasteiger partial charge in [0.25, 0.3) is 0 Å². The Morgan fingerprint density at radius 3 is 2.79 bits per heavy atom. The summed E-state index contributed by atoms with van der Waals surface area (Å²) in [7, 11) is 0. The first-order valence-electron chi connectivity index (χ1n) is 7.41. The van der Waals surface area contributed by atoms with Gasteiger partial charge in [-0.15, -0.1) is 0 Å². The number of benzene rings is 1. The normalized spacial score (nSPS) is 27.2. The van der Waals surface area contributed by atoms with Crippen molar-refractivity contribution < 1.29 is 4.79 Å². The van der Waals surface area contributed by atoms with Crippen LogP contribution in [0, 0.1) is 5.92 Å². The molecule has 3 nitrogen and oxygen atoms in total. The van der Waals surface area contributed by atoms with Crippen molar-refractivity contribution in [1.29, 1.82) is 0 Å². The van der Waals surface area contributed by atoms with Crippen LogP contribution < -0.4 is 10.6 Å². The van der Waals surface area contributed by atoms with Gasteiger partial charge in [-0.25, -0.2) is 0 Å². The minimum atomic E-state index is 0.256. The lowest BCUT2D eigenvalue weighted by Gasteiger charge is -2.33. The molecule has 0 spiro atoms. The molecule has 0 radical (unpaired) electrons. The molecule has 1 aromatic carbocycles. The largest absolute Gasteiger partial charge is 0.330 e. The predicted molar refractivity (Wildman–Crippen MR) is 77.0 cm³/mol. The number of rotatable bonds is 2. The van der Waals surface area contributed by atoms with Crippen LogP contribution in [0.1, 0.15) is 37.7 Å². The number of carbonyl (C=O) groups excluding carboxylic acids is 1. The molecule has 3 rings (SSSR count). The average Bonchev–Trinajstić information content (AvgIpc) is 2.61. The molecule has 2 unspecified atom stereocenters. The third-order valence-corrected chi connectivity index (χ3v) is 4.61. The van der Waals surface area contributed by atoms with Crippen LogP contribution in [-0.4, -0.2) is 18.5 Å². The minimum absolute atomic E-state index is 0.256. The van der Waals surface area contributed by atoms with Crippen LogP contribution >= 0.6 is 0 Å². The average molecular weight is 258 g/mol. The molecular formula is C16H22N2O. The second-order valence-electron chi connectivity index (χ2n) is 5.77. The molecule has 19 heavy (non-hydrogen) atoms. The van der Waals surface area contributed by atoms with E-state index in [2.05, 4.69) is 17.0 Å². The number of nitrogens with two attached hydrogens (primary N) is 1. The summed E-state index contributed by atoms with van der Waals surface area (Å²) in [5.74, 6) is 0.712. The van der Waals surface area contributed by atoms with Gasteiger partial charge in [0.05, 0.1) is 6.42 Å². The standard InChI is InChI=1S/C16H22N2O/c17-11-13-7-2-1-3-8-15(13)18-14-9-5-4-6-12(14)10-16(18)19/h4-6,9,13,15H,1-3,7-8,10-11,17H2. The van der Waals surface area contributed by atoms with Crippen LogP contribution in [0.2, 0.25) is 0 Å². The quantitative estimate of drug-likeness (QED) is 0.828. The zero-order chi connectivity index (χ0) is 13.2. The van der Waals surface area contributed by atoms with E-state index in [9.17, 15) is 4.79 Å². The first-order chi connectivity index (χ1) is 9.31. The topological polar surface area (TPSA) is 46.3 Å². The van der Waals surface area contributed by atoms with Gasteiger partial charge in [-0.05, 0) is 36.9 Å². The number of fused-ring (bicyclic) bond motifs is 1. The second-order valence-corrected chi connectivity index (χ2v) is 5.77. The fourth-order valence-corrected chi connectivity index (χ4v) is 3.62. The van der Waals surface area contributed by atoms with Crippen molar-refractivity contribution in [2.45, 2.75) is 44.6 Å². The summed E-state index contributed by atoms with van der Waals surface area (Å²) in [6.45, 7) is 0.691. The Kier molecular flexibility index (Phi) is 3.56. The summed E-state index contributed by atoms with van der Waals surface area (Å²) in [4.78, 5) is 14.4. The Bertz CT molecular complexity index is 472. The van der Waals surface area contributed by atoms with Crippen molar-refractivity contribution in [3.05, 3.63) is 29.8 Å². The highest BCUT2D eigenvalue weighted by atomic mass is 16.2. The highest BCUT2D eigenvalue weighted by Gasteiger charge is 2.36. The number of nitrogens with zero attached hydrogens (tertiary/aromatic N) is 1. The van der Waals surface area contributed by atoms with Crippen LogP contribution in [0.3, 0.4) is 0 Å². The van der Waals surface area contributed by atoms with Crippen molar-refractivity contribution in [3.63, 3.8) is 0 Å². The van der Waals surface area contributed by atoms with Gasteiger partial charge in [0.2, 0.25) is 5.91 Å². The summed E-state index contributed by atoms with van der Waals surface area (Å²) in [5, 5.41) is 0. The molecule has 0 bridgehead atoms. The third-order valence-electron chi connectivity index (χ3n) is 4.61. The third kappa shape index (κ3) is 2.27. The lowest BCUT2D eigenvalue weighted by Crippen LogP contribution is -2.44. The smallest absolute Gasteiger partial charge is 0.231 e. The summed E-state index contributed by atoms with van der Waals surface area (Å²) in [5.41, 5.74) is 8.25. The first kappa shape index (κ1) is 12.7. The van der Waals surface area contributed by atoms with E-state index in [1.165, 1.54) is 24.8 Å². The molecule has 0 aromatic heterocycles. The van der Waals surface area contributed by atoms with Crippen LogP contribution in [0.5, 0.6) is 0 Å².